The maximum absolute atomic E-state index is 12.4. The molecule has 1 N–H and O–H groups in total. The van der Waals surface area contributed by atoms with Crippen LogP contribution in [0.25, 0.3) is 0 Å². The van der Waals surface area contributed by atoms with Gasteiger partial charge in [0, 0.05) is 6.04 Å². The average Bonchev–Trinajstić information content (AvgIpc) is 2.56. The first-order chi connectivity index (χ1) is 11.1. The van der Waals surface area contributed by atoms with E-state index in [1.54, 1.807) is 31.2 Å². The number of benzene rings is 2. The lowest BCUT2D eigenvalue weighted by atomic mass is 10.1. The van der Waals surface area contributed by atoms with E-state index in [-0.39, 0.29) is 24.3 Å². The summed E-state index contributed by atoms with van der Waals surface area (Å²) in [4.78, 5) is 23.6. The molecule has 0 saturated carbocycles. The molecule has 2 rings (SSSR count). The summed E-state index contributed by atoms with van der Waals surface area (Å²) >= 11 is 0. The van der Waals surface area contributed by atoms with Crippen molar-refractivity contribution in [2.45, 2.75) is 19.4 Å². The van der Waals surface area contributed by atoms with Gasteiger partial charge in [-0.1, -0.05) is 30.3 Å². The van der Waals surface area contributed by atoms with Crippen molar-refractivity contribution in [1.29, 1.82) is 0 Å². The van der Waals surface area contributed by atoms with Crippen LogP contribution in [0, 0.1) is 0 Å². The predicted octanol–water partition coefficient (Wildman–Crippen LogP) is 3.16. The van der Waals surface area contributed by atoms with Gasteiger partial charge in [-0.25, -0.2) is 0 Å². The van der Waals surface area contributed by atoms with Crippen LogP contribution < -0.4 is 10.1 Å². The van der Waals surface area contributed by atoms with E-state index in [0.717, 1.165) is 0 Å². The number of rotatable bonds is 6. The summed E-state index contributed by atoms with van der Waals surface area (Å²) in [5, 5.41) is 2.77. The van der Waals surface area contributed by atoms with Gasteiger partial charge in [0.05, 0.1) is 19.1 Å². The number of hydrogen-bond donors (Lipinski definition) is 1. The molecule has 0 fully saturated rings. The van der Waals surface area contributed by atoms with Crippen LogP contribution in [0.15, 0.2) is 54.6 Å². The number of para-hydroxylation sites is 2. The molecule has 0 saturated heterocycles. The van der Waals surface area contributed by atoms with Gasteiger partial charge < -0.3 is 14.8 Å². The third kappa shape index (κ3) is 4.85. The molecule has 0 aliphatic heterocycles. The highest BCUT2D eigenvalue weighted by atomic mass is 16.5. The molecule has 0 aliphatic carbocycles. The average molecular weight is 313 g/mol. The summed E-state index contributed by atoms with van der Waals surface area (Å²) in [5.41, 5.74) is 0.410. The van der Waals surface area contributed by atoms with Gasteiger partial charge in [0.25, 0.3) is 5.91 Å². The lowest BCUT2D eigenvalue weighted by Crippen LogP contribution is -2.34. The Bertz CT molecular complexity index is 670. The molecular weight excluding hydrogens is 294 g/mol. The zero-order valence-corrected chi connectivity index (χ0v) is 13.1. The van der Waals surface area contributed by atoms with Gasteiger partial charge in [0.15, 0.2) is 0 Å². The summed E-state index contributed by atoms with van der Waals surface area (Å²) in [6.45, 7) is 1.75. The van der Waals surface area contributed by atoms with Crippen LogP contribution in [-0.4, -0.2) is 25.0 Å². The number of esters is 1. The van der Waals surface area contributed by atoms with E-state index in [1.165, 1.54) is 7.11 Å². The fourth-order valence-electron chi connectivity index (χ4n) is 2.04. The van der Waals surface area contributed by atoms with Crippen LogP contribution in [0.1, 0.15) is 23.7 Å². The number of carbonyl (C=O) groups is 2. The first kappa shape index (κ1) is 16.5. The zero-order chi connectivity index (χ0) is 16.7. The van der Waals surface area contributed by atoms with Crippen LogP contribution in [-0.2, 0) is 9.53 Å². The van der Waals surface area contributed by atoms with Gasteiger partial charge in [-0.3, -0.25) is 9.59 Å². The SMILES string of the molecule is COC(=O)CC(C)NC(=O)c1ccccc1Oc1ccccc1. The molecule has 0 heterocycles. The molecule has 2 aromatic rings. The lowest BCUT2D eigenvalue weighted by molar-refractivity contribution is -0.141. The summed E-state index contributed by atoms with van der Waals surface area (Å²) in [6, 6.07) is 15.9. The quantitative estimate of drug-likeness (QED) is 0.832. The molecule has 0 radical (unpaired) electrons. The largest absolute Gasteiger partial charge is 0.469 e. The minimum atomic E-state index is -0.369. The van der Waals surface area contributed by atoms with Gasteiger partial charge in [-0.05, 0) is 31.2 Å². The Labute approximate surface area is 135 Å². The molecule has 1 unspecified atom stereocenters. The van der Waals surface area contributed by atoms with E-state index in [9.17, 15) is 9.59 Å². The van der Waals surface area contributed by atoms with Crippen LogP contribution in [0.2, 0.25) is 0 Å². The molecule has 0 spiro atoms. The van der Waals surface area contributed by atoms with Crippen molar-refractivity contribution in [2.75, 3.05) is 7.11 Å². The smallest absolute Gasteiger partial charge is 0.307 e. The van der Waals surface area contributed by atoms with Gasteiger partial charge in [-0.15, -0.1) is 0 Å². The van der Waals surface area contributed by atoms with E-state index < -0.39 is 0 Å². The molecule has 0 bridgehead atoms. The van der Waals surface area contributed by atoms with Crippen LogP contribution in [0.4, 0.5) is 0 Å². The predicted molar refractivity (Wildman–Crippen MR) is 86.5 cm³/mol. The van der Waals surface area contributed by atoms with Crippen LogP contribution in [0.3, 0.4) is 0 Å². The van der Waals surface area contributed by atoms with Crippen molar-refractivity contribution in [3.8, 4) is 11.5 Å². The van der Waals surface area contributed by atoms with Crippen molar-refractivity contribution < 1.29 is 19.1 Å². The number of carbonyl (C=O) groups excluding carboxylic acids is 2. The minimum Gasteiger partial charge on any atom is -0.469 e. The standard InChI is InChI=1S/C18H19NO4/c1-13(12-17(20)22-2)19-18(21)15-10-6-7-11-16(15)23-14-8-4-3-5-9-14/h3-11,13H,12H2,1-2H3,(H,19,21). The second-order valence-electron chi connectivity index (χ2n) is 5.07. The molecule has 1 amide bonds. The Morgan fingerprint density at radius 3 is 2.39 bits per heavy atom. The van der Waals surface area contributed by atoms with Gasteiger partial charge in [-0.2, -0.15) is 0 Å². The summed E-state index contributed by atoms with van der Waals surface area (Å²) in [5.74, 6) is 0.441. The molecule has 2 aromatic carbocycles. The molecule has 0 aliphatic rings. The van der Waals surface area contributed by atoms with Crippen molar-refractivity contribution in [3.05, 3.63) is 60.2 Å². The first-order valence-electron chi connectivity index (χ1n) is 7.29. The van der Waals surface area contributed by atoms with Gasteiger partial charge in [0.2, 0.25) is 0 Å². The van der Waals surface area contributed by atoms with Crippen molar-refractivity contribution >= 4 is 11.9 Å². The van der Waals surface area contributed by atoms with Crippen molar-refractivity contribution in [1.82, 2.24) is 5.32 Å². The number of methoxy groups -OCH3 is 1. The highest BCUT2D eigenvalue weighted by Crippen LogP contribution is 2.25. The maximum atomic E-state index is 12.4. The Kier molecular flexibility index (Phi) is 5.74. The maximum Gasteiger partial charge on any atom is 0.307 e. The summed E-state index contributed by atoms with van der Waals surface area (Å²) < 4.78 is 10.4. The summed E-state index contributed by atoms with van der Waals surface area (Å²) in [7, 11) is 1.32. The van der Waals surface area contributed by atoms with E-state index in [4.69, 9.17) is 4.74 Å². The highest BCUT2D eigenvalue weighted by molar-refractivity contribution is 5.97. The molecule has 120 valence electrons. The van der Waals surface area contributed by atoms with E-state index in [2.05, 4.69) is 10.1 Å². The Balaban J connectivity index is 2.10. The summed E-state index contributed by atoms with van der Waals surface area (Å²) in [6.07, 6.45) is 0.115. The molecule has 5 nitrogen and oxygen atoms in total. The topological polar surface area (TPSA) is 64.6 Å². The fourth-order valence-corrected chi connectivity index (χ4v) is 2.04. The van der Waals surface area contributed by atoms with Crippen LogP contribution >= 0.6 is 0 Å². The van der Waals surface area contributed by atoms with Crippen molar-refractivity contribution in [2.24, 2.45) is 0 Å². The molecule has 5 heteroatoms. The third-order valence-corrected chi connectivity index (χ3v) is 3.18. The number of ether oxygens (including phenoxy) is 2. The normalized spacial score (nSPS) is 11.4. The molecule has 23 heavy (non-hydrogen) atoms. The Hall–Kier alpha value is -2.82. The Morgan fingerprint density at radius 1 is 1.04 bits per heavy atom. The second-order valence-corrected chi connectivity index (χ2v) is 5.07. The van der Waals surface area contributed by atoms with E-state index in [1.807, 2.05) is 30.3 Å². The minimum absolute atomic E-state index is 0.115. The van der Waals surface area contributed by atoms with Crippen LogP contribution in [0.5, 0.6) is 11.5 Å². The number of hydrogen-bond acceptors (Lipinski definition) is 4. The number of nitrogens with one attached hydrogen (secondary N) is 1. The number of amides is 1. The van der Waals surface area contributed by atoms with E-state index >= 15 is 0 Å². The Morgan fingerprint density at radius 2 is 1.70 bits per heavy atom. The molecular formula is C18H19NO4. The van der Waals surface area contributed by atoms with Gasteiger partial charge in [0.1, 0.15) is 11.5 Å². The van der Waals surface area contributed by atoms with Crippen molar-refractivity contribution in [3.63, 3.8) is 0 Å². The first-order valence-corrected chi connectivity index (χ1v) is 7.29. The monoisotopic (exact) mass is 313 g/mol. The highest BCUT2D eigenvalue weighted by Gasteiger charge is 2.17. The second kappa shape index (κ2) is 7.98. The lowest BCUT2D eigenvalue weighted by Gasteiger charge is -2.15. The zero-order valence-electron chi connectivity index (χ0n) is 13.1. The third-order valence-electron chi connectivity index (χ3n) is 3.18. The van der Waals surface area contributed by atoms with E-state index in [0.29, 0.717) is 17.1 Å². The molecule has 1 atom stereocenters. The molecule has 0 aromatic heterocycles. The fraction of sp³-hybridized carbons (Fsp3) is 0.222. The van der Waals surface area contributed by atoms with Gasteiger partial charge >= 0.3 is 5.97 Å².